The molecule has 0 heterocycles. The highest BCUT2D eigenvalue weighted by molar-refractivity contribution is 6.48. The van der Waals surface area contributed by atoms with Gasteiger partial charge in [0, 0.05) is 19.9 Å². The lowest BCUT2D eigenvalue weighted by atomic mass is 10.2. The van der Waals surface area contributed by atoms with Gasteiger partial charge >= 0.3 is 9.28 Å². The van der Waals surface area contributed by atoms with Crippen molar-refractivity contribution in [2.75, 3.05) is 0 Å². The van der Waals surface area contributed by atoms with Crippen LogP contribution in [-0.2, 0) is 24.9 Å². The summed E-state index contributed by atoms with van der Waals surface area (Å²) in [5.41, 5.74) is 1.14. The minimum absolute atomic E-state index is 0.393. The van der Waals surface area contributed by atoms with Gasteiger partial charge in [0.15, 0.2) is 0 Å². The molecule has 1 aromatic carbocycles. The first-order valence-corrected chi connectivity index (χ1v) is 7.22. The van der Waals surface area contributed by atoms with Crippen molar-refractivity contribution in [1.29, 1.82) is 0 Å². The second kappa shape index (κ2) is 6.85. The molecule has 0 atom stereocenters. The molecule has 0 saturated carbocycles. The quantitative estimate of drug-likeness (QED) is 0.747. The maximum absolute atomic E-state index is 10.9. The highest BCUT2D eigenvalue weighted by Gasteiger charge is 2.19. The zero-order valence-electron chi connectivity index (χ0n) is 10.0. The van der Waals surface area contributed by atoms with Gasteiger partial charge < -0.3 is 8.85 Å². The Morgan fingerprint density at radius 1 is 1.06 bits per heavy atom. The molecule has 92 valence electrons. The maximum Gasteiger partial charge on any atom is 0.448 e. The van der Waals surface area contributed by atoms with E-state index in [4.69, 9.17) is 8.85 Å². The van der Waals surface area contributed by atoms with Crippen LogP contribution >= 0.6 is 0 Å². The highest BCUT2D eigenvalue weighted by atomic mass is 28.3. The molecule has 1 rings (SSSR count). The third-order valence-corrected chi connectivity index (χ3v) is 4.06. The average molecular weight is 252 g/mol. The summed E-state index contributed by atoms with van der Waals surface area (Å²) in [7, 11) is -2.22. The normalized spacial score (nSPS) is 10.1. The number of benzene rings is 1. The summed E-state index contributed by atoms with van der Waals surface area (Å²) in [4.78, 5) is 21.7. The molecule has 1 aromatic rings. The van der Waals surface area contributed by atoms with Gasteiger partial charge in [-0.25, -0.2) is 0 Å². The molecule has 0 unspecified atom stereocenters. The van der Waals surface area contributed by atoms with Crippen LogP contribution in [0.2, 0.25) is 6.04 Å². The number of hydrogen-bond acceptors (Lipinski definition) is 4. The average Bonchev–Trinajstić information content (AvgIpc) is 2.26. The first kappa shape index (κ1) is 13.4. The standard InChI is InChI=1S/C12H16O4Si/c1-10(13)15-17(16-11(2)14)9-8-12-6-4-3-5-7-12/h3-7,17H,8-9H2,1-2H3. The molecule has 0 saturated heterocycles. The van der Waals surface area contributed by atoms with Gasteiger partial charge in [-0.3, -0.25) is 9.59 Å². The Morgan fingerprint density at radius 3 is 2.06 bits per heavy atom. The van der Waals surface area contributed by atoms with Gasteiger partial charge in [-0.1, -0.05) is 30.3 Å². The Morgan fingerprint density at radius 2 is 1.59 bits per heavy atom. The summed E-state index contributed by atoms with van der Waals surface area (Å²) in [5.74, 6) is -0.785. The predicted molar refractivity (Wildman–Crippen MR) is 65.6 cm³/mol. The van der Waals surface area contributed by atoms with Crippen LogP contribution in [0.25, 0.3) is 0 Å². The van der Waals surface area contributed by atoms with Crippen LogP contribution in [0.5, 0.6) is 0 Å². The maximum atomic E-state index is 10.9. The number of hydrogen-bond donors (Lipinski definition) is 0. The molecule has 0 aliphatic rings. The molecule has 4 nitrogen and oxygen atoms in total. The van der Waals surface area contributed by atoms with Crippen LogP contribution in [0.4, 0.5) is 0 Å². The SMILES string of the molecule is CC(=O)O[SiH](CCc1ccccc1)OC(C)=O. The van der Waals surface area contributed by atoms with Crippen molar-refractivity contribution in [1.82, 2.24) is 0 Å². The Hall–Kier alpha value is -1.62. The topological polar surface area (TPSA) is 52.6 Å². The molecule has 0 N–H and O–H groups in total. The Balaban J connectivity index is 2.48. The van der Waals surface area contributed by atoms with E-state index < -0.39 is 21.2 Å². The summed E-state index contributed by atoms with van der Waals surface area (Å²) in [6.45, 7) is 2.65. The van der Waals surface area contributed by atoms with Crippen molar-refractivity contribution in [3.05, 3.63) is 35.9 Å². The van der Waals surface area contributed by atoms with Crippen LogP contribution in [0.1, 0.15) is 19.4 Å². The van der Waals surface area contributed by atoms with Gasteiger partial charge in [-0.15, -0.1) is 0 Å². The van der Waals surface area contributed by atoms with E-state index in [1.165, 1.54) is 13.8 Å². The summed E-state index contributed by atoms with van der Waals surface area (Å²) in [6, 6.07) is 10.4. The smallest absolute Gasteiger partial charge is 0.448 e. The van der Waals surface area contributed by atoms with Gasteiger partial charge in [0.2, 0.25) is 0 Å². The van der Waals surface area contributed by atoms with E-state index in [-0.39, 0.29) is 0 Å². The van der Waals surface area contributed by atoms with Gasteiger partial charge in [0.05, 0.1) is 0 Å². The summed E-state index contributed by atoms with van der Waals surface area (Å²) in [5, 5.41) is 0. The van der Waals surface area contributed by atoms with Crippen LogP contribution in [-0.4, -0.2) is 21.2 Å². The number of aryl methyl sites for hydroxylation is 1. The molecule has 0 aromatic heterocycles. The second-order valence-electron chi connectivity index (χ2n) is 3.67. The molecule has 0 fully saturated rings. The molecular weight excluding hydrogens is 236 g/mol. The summed E-state index contributed by atoms with van der Waals surface area (Å²) >= 11 is 0. The van der Waals surface area contributed by atoms with Crippen molar-refractivity contribution in [3.8, 4) is 0 Å². The first-order chi connectivity index (χ1) is 8.08. The third-order valence-electron chi connectivity index (χ3n) is 2.11. The lowest BCUT2D eigenvalue weighted by Gasteiger charge is -2.14. The van der Waals surface area contributed by atoms with E-state index in [1.54, 1.807) is 0 Å². The van der Waals surface area contributed by atoms with Gasteiger partial charge in [-0.2, -0.15) is 0 Å². The van der Waals surface area contributed by atoms with Gasteiger partial charge in [0.1, 0.15) is 0 Å². The van der Waals surface area contributed by atoms with Crippen molar-refractivity contribution < 1.29 is 18.4 Å². The van der Waals surface area contributed by atoms with Crippen LogP contribution in [0.3, 0.4) is 0 Å². The zero-order chi connectivity index (χ0) is 12.7. The molecule has 0 aliphatic carbocycles. The Labute approximate surface area is 102 Å². The van der Waals surface area contributed by atoms with E-state index in [0.717, 1.165) is 12.0 Å². The fourth-order valence-electron chi connectivity index (χ4n) is 1.44. The number of rotatable bonds is 5. The van der Waals surface area contributed by atoms with E-state index in [9.17, 15) is 9.59 Å². The second-order valence-corrected chi connectivity index (χ2v) is 5.58. The van der Waals surface area contributed by atoms with Crippen LogP contribution in [0.15, 0.2) is 30.3 Å². The van der Waals surface area contributed by atoms with Crippen molar-refractivity contribution >= 4 is 21.2 Å². The van der Waals surface area contributed by atoms with E-state index in [0.29, 0.717) is 6.04 Å². The molecule has 0 bridgehead atoms. The molecule has 0 spiro atoms. The molecule has 0 radical (unpaired) electrons. The van der Waals surface area contributed by atoms with E-state index >= 15 is 0 Å². The molecule has 0 aliphatic heterocycles. The lowest BCUT2D eigenvalue weighted by molar-refractivity contribution is -0.137. The van der Waals surface area contributed by atoms with Crippen molar-refractivity contribution in [3.63, 3.8) is 0 Å². The minimum atomic E-state index is -2.22. The minimum Gasteiger partial charge on any atom is -0.487 e. The van der Waals surface area contributed by atoms with E-state index in [2.05, 4.69) is 0 Å². The molecule has 17 heavy (non-hydrogen) atoms. The predicted octanol–water partition coefficient (Wildman–Crippen LogP) is 1.58. The van der Waals surface area contributed by atoms with E-state index in [1.807, 2.05) is 30.3 Å². The summed E-state index contributed by atoms with van der Waals surface area (Å²) in [6.07, 6.45) is 0.748. The molecule has 0 amide bonds. The number of carbonyl (C=O) groups is 2. The fraction of sp³-hybridized carbons (Fsp3) is 0.333. The fourth-order valence-corrected chi connectivity index (χ4v) is 3.03. The largest absolute Gasteiger partial charge is 0.487 e. The first-order valence-electron chi connectivity index (χ1n) is 5.46. The highest BCUT2D eigenvalue weighted by Crippen LogP contribution is 2.07. The monoisotopic (exact) mass is 252 g/mol. The lowest BCUT2D eigenvalue weighted by Crippen LogP contribution is -2.27. The third kappa shape index (κ3) is 5.87. The Bertz CT molecular complexity index is 361. The molecule has 5 heteroatoms. The summed E-state index contributed by atoms with van der Waals surface area (Å²) < 4.78 is 10.1. The van der Waals surface area contributed by atoms with Crippen molar-refractivity contribution in [2.24, 2.45) is 0 Å². The van der Waals surface area contributed by atoms with Gasteiger partial charge in [0.25, 0.3) is 11.9 Å². The Kier molecular flexibility index (Phi) is 5.42. The van der Waals surface area contributed by atoms with Gasteiger partial charge in [-0.05, 0) is 12.0 Å². The van der Waals surface area contributed by atoms with Crippen molar-refractivity contribution in [2.45, 2.75) is 26.3 Å². The van der Waals surface area contributed by atoms with Crippen LogP contribution < -0.4 is 0 Å². The number of carbonyl (C=O) groups excluding carboxylic acids is 2. The zero-order valence-corrected chi connectivity index (χ0v) is 11.2. The van der Waals surface area contributed by atoms with Crippen LogP contribution in [0, 0.1) is 0 Å². The molecular formula is C12H16O4Si.